The van der Waals surface area contributed by atoms with Crippen molar-refractivity contribution < 1.29 is 13.7 Å². The third kappa shape index (κ3) is 3.19. The highest BCUT2D eigenvalue weighted by molar-refractivity contribution is 5.70. The Hall–Kier alpha value is -3.47. The number of anilines is 1. The van der Waals surface area contributed by atoms with Crippen LogP contribution >= 0.6 is 0 Å². The number of benzene rings is 2. The van der Waals surface area contributed by atoms with Gasteiger partial charge in [0.1, 0.15) is 13.1 Å². The van der Waals surface area contributed by atoms with Gasteiger partial charge in [0.25, 0.3) is 5.52 Å². The van der Waals surface area contributed by atoms with Crippen LogP contribution in [0.25, 0.3) is 22.9 Å². The summed E-state index contributed by atoms with van der Waals surface area (Å²) >= 11 is 0. The molecular weight excluding hydrogens is 338 g/mol. The van der Waals surface area contributed by atoms with Gasteiger partial charge in [-0.05, 0) is 36.4 Å². The zero-order valence-corrected chi connectivity index (χ0v) is 15.7. The van der Waals surface area contributed by atoms with Crippen LogP contribution in [0.3, 0.4) is 0 Å². The zero-order valence-electron chi connectivity index (χ0n) is 15.7. The van der Waals surface area contributed by atoms with Crippen LogP contribution in [-0.2, 0) is 11.8 Å². The summed E-state index contributed by atoms with van der Waals surface area (Å²) in [6.45, 7) is 0. The number of hydrogen-bond donors (Lipinski definition) is 0. The third-order valence-corrected chi connectivity index (χ3v) is 4.68. The van der Waals surface area contributed by atoms with E-state index < -0.39 is 0 Å². The second-order valence-corrected chi connectivity index (χ2v) is 6.32. The smallest absolute Gasteiger partial charge is 0.379 e. The van der Waals surface area contributed by atoms with Crippen LogP contribution in [0.5, 0.6) is 0 Å². The van der Waals surface area contributed by atoms with E-state index >= 15 is 0 Å². The van der Waals surface area contributed by atoms with Gasteiger partial charge < -0.3 is 18.6 Å². The molecule has 27 heavy (non-hydrogen) atoms. The minimum atomic E-state index is 0.689. The van der Waals surface area contributed by atoms with Crippen molar-refractivity contribution in [2.24, 2.45) is 7.05 Å². The normalized spacial score (nSPS) is 11.7. The van der Waals surface area contributed by atoms with E-state index in [2.05, 4.69) is 22.8 Å². The first kappa shape index (κ1) is 17.0. The van der Waals surface area contributed by atoms with Crippen LogP contribution in [0.1, 0.15) is 5.89 Å². The maximum atomic E-state index is 5.98. The van der Waals surface area contributed by atoms with Crippen molar-refractivity contribution in [1.29, 1.82) is 0 Å². The first-order valence-corrected chi connectivity index (χ1v) is 8.78. The minimum Gasteiger partial charge on any atom is -0.482 e. The molecule has 0 aliphatic rings. The first-order chi connectivity index (χ1) is 13.2. The van der Waals surface area contributed by atoms with Crippen molar-refractivity contribution in [3.63, 3.8) is 0 Å². The maximum absolute atomic E-state index is 5.98. The molecule has 4 aromatic rings. The second kappa shape index (κ2) is 7.03. The summed E-state index contributed by atoms with van der Waals surface area (Å²) in [6.07, 6.45) is 5.96. The number of methoxy groups -OCH3 is 1. The molecule has 5 heteroatoms. The van der Waals surface area contributed by atoms with Gasteiger partial charge in [-0.2, -0.15) is 4.57 Å². The van der Waals surface area contributed by atoms with Gasteiger partial charge in [-0.25, -0.2) is 0 Å². The number of para-hydroxylation sites is 2. The number of nitrogens with zero attached hydrogens (tertiary/aromatic N) is 3. The molecule has 0 aliphatic heterocycles. The number of ether oxygens (including phenoxy) is 1. The summed E-state index contributed by atoms with van der Waals surface area (Å²) in [5, 5.41) is 0. The van der Waals surface area contributed by atoms with Crippen molar-refractivity contribution in [3.8, 4) is 5.69 Å². The fourth-order valence-corrected chi connectivity index (χ4v) is 3.14. The summed E-state index contributed by atoms with van der Waals surface area (Å²) < 4.78 is 15.7. The molecule has 0 bridgehead atoms. The van der Waals surface area contributed by atoms with Crippen molar-refractivity contribution in [1.82, 2.24) is 4.57 Å². The Balaban J connectivity index is 1.70. The van der Waals surface area contributed by atoms with E-state index in [1.807, 2.05) is 84.5 Å². The van der Waals surface area contributed by atoms with Crippen LogP contribution in [0.15, 0.2) is 83.4 Å². The molecule has 0 saturated heterocycles. The van der Waals surface area contributed by atoms with Gasteiger partial charge in [0.2, 0.25) is 11.5 Å². The first-order valence-electron chi connectivity index (χ1n) is 8.78. The standard InChI is InChI=1S/C22H22N3O2/c1-23(17-9-8-10-18(15-17)25-13-6-7-14-25)21(26-3)16-22-24(2)19-11-4-5-12-20(19)27-22/h4-16H,1-3H3/q+1. The second-order valence-electron chi connectivity index (χ2n) is 6.32. The molecule has 0 radical (unpaired) electrons. The summed E-state index contributed by atoms with van der Waals surface area (Å²) in [7, 11) is 5.63. The van der Waals surface area contributed by atoms with Crippen molar-refractivity contribution in [3.05, 3.63) is 84.8 Å². The average Bonchev–Trinajstić information content (AvgIpc) is 3.35. The molecule has 136 valence electrons. The molecule has 2 aromatic heterocycles. The van der Waals surface area contributed by atoms with E-state index in [0.29, 0.717) is 5.88 Å². The molecule has 0 aliphatic carbocycles. The van der Waals surface area contributed by atoms with E-state index in [1.54, 1.807) is 7.11 Å². The van der Waals surface area contributed by atoms with Crippen molar-refractivity contribution >= 4 is 22.9 Å². The van der Waals surface area contributed by atoms with Gasteiger partial charge in [0, 0.05) is 36.9 Å². The molecular formula is C22H22N3O2+. The SMILES string of the molecule is COC(=Cc1oc2ccccc2[n+]1C)N(C)c1cccc(-n2cccc2)c1. The lowest BCUT2D eigenvalue weighted by molar-refractivity contribution is -0.652. The topological polar surface area (TPSA) is 34.4 Å². The summed E-state index contributed by atoms with van der Waals surface area (Å²) in [6, 6.07) is 20.3. The van der Waals surface area contributed by atoms with Gasteiger partial charge in [-0.15, -0.1) is 0 Å². The molecule has 0 N–H and O–H groups in total. The van der Waals surface area contributed by atoms with E-state index in [4.69, 9.17) is 9.15 Å². The molecule has 0 fully saturated rings. The molecule has 0 spiro atoms. The predicted molar refractivity (Wildman–Crippen MR) is 107 cm³/mol. The zero-order chi connectivity index (χ0) is 18.8. The van der Waals surface area contributed by atoms with E-state index in [-0.39, 0.29) is 0 Å². The molecule has 4 rings (SSSR count). The van der Waals surface area contributed by atoms with Crippen LogP contribution in [0.2, 0.25) is 0 Å². The summed E-state index contributed by atoms with van der Waals surface area (Å²) in [4.78, 5) is 2.00. The minimum absolute atomic E-state index is 0.689. The molecule has 0 saturated carbocycles. The molecule has 2 aromatic carbocycles. The predicted octanol–water partition coefficient (Wildman–Crippen LogP) is 4.13. The molecule has 0 amide bonds. The van der Waals surface area contributed by atoms with Gasteiger partial charge >= 0.3 is 5.89 Å². The Bertz CT molecular complexity index is 1090. The van der Waals surface area contributed by atoms with Crippen LogP contribution in [0, 0.1) is 0 Å². The van der Waals surface area contributed by atoms with E-state index in [0.717, 1.165) is 28.4 Å². The highest BCUT2D eigenvalue weighted by atomic mass is 16.5. The number of rotatable bonds is 5. The molecule has 2 heterocycles. The van der Waals surface area contributed by atoms with E-state index in [1.165, 1.54) is 0 Å². The van der Waals surface area contributed by atoms with E-state index in [9.17, 15) is 0 Å². The number of oxazole rings is 1. The lowest BCUT2D eigenvalue weighted by Gasteiger charge is -2.21. The Morgan fingerprint density at radius 1 is 1.07 bits per heavy atom. The lowest BCUT2D eigenvalue weighted by Crippen LogP contribution is -2.30. The fraction of sp³-hybridized carbons (Fsp3) is 0.136. The van der Waals surface area contributed by atoms with Crippen molar-refractivity contribution in [2.45, 2.75) is 0 Å². The Kier molecular flexibility index (Phi) is 4.42. The summed E-state index contributed by atoms with van der Waals surface area (Å²) in [5.41, 5.74) is 4.00. The lowest BCUT2D eigenvalue weighted by atomic mass is 10.2. The highest BCUT2D eigenvalue weighted by Crippen LogP contribution is 2.23. The number of fused-ring (bicyclic) bond motifs is 1. The van der Waals surface area contributed by atoms with Gasteiger partial charge in [0.15, 0.2) is 0 Å². The van der Waals surface area contributed by atoms with Crippen LogP contribution < -0.4 is 9.47 Å². The van der Waals surface area contributed by atoms with Crippen molar-refractivity contribution in [2.75, 3.05) is 19.1 Å². The number of aromatic nitrogens is 2. The average molecular weight is 360 g/mol. The molecule has 0 atom stereocenters. The molecule has 5 nitrogen and oxygen atoms in total. The Morgan fingerprint density at radius 2 is 1.85 bits per heavy atom. The quantitative estimate of drug-likeness (QED) is 0.396. The Morgan fingerprint density at radius 3 is 2.59 bits per heavy atom. The maximum Gasteiger partial charge on any atom is 0.379 e. The monoisotopic (exact) mass is 360 g/mol. The Labute approximate surface area is 158 Å². The number of aryl methyl sites for hydroxylation is 1. The summed E-state index contributed by atoms with van der Waals surface area (Å²) in [5.74, 6) is 1.41. The van der Waals surface area contributed by atoms with Crippen LogP contribution in [0.4, 0.5) is 5.69 Å². The van der Waals surface area contributed by atoms with Gasteiger partial charge in [-0.3, -0.25) is 0 Å². The third-order valence-electron chi connectivity index (χ3n) is 4.68. The highest BCUT2D eigenvalue weighted by Gasteiger charge is 2.19. The number of hydrogen-bond acceptors (Lipinski definition) is 3. The van der Waals surface area contributed by atoms with Gasteiger partial charge in [0.05, 0.1) is 7.11 Å². The molecule has 0 unspecified atom stereocenters. The van der Waals surface area contributed by atoms with Crippen LogP contribution in [-0.4, -0.2) is 18.7 Å². The van der Waals surface area contributed by atoms with Gasteiger partial charge in [-0.1, -0.05) is 18.2 Å². The largest absolute Gasteiger partial charge is 0.482 e. The fourth-order valence-electron chi connectivity index (χ4n) is 3.14.